The fourth-order valence-corrected chi connectivity index (χ4v) is 5.00. The van der Waals surface area contributed by atoms with E-state index in [9.17, 15) is 4.79 Å². The minimum absolute atomic E-state index is 0. The maximum Gasteiger partial charge on any atom is 0.241 e. The van der Waals surface area contributed by atoms with Crippen molar-refractivity contribution in [3.8, 4) is 0 Å². The van der Waals surface area contributed by atoms with Gasteiger partial charge in [-0.25, -0.2) is 0 Å². The quantitative estimate of drug-likeness (QED) is 0.665. The lowest BCUT2D eigenvalue weighted by molar-refractivity contribution is -0.134. The van der Waals surface area contributed by atoms with Crippen molar-refractivity contribution in [2.45, 2.75) is 31.3 Å². The number of fused-ring (bicyclic) bond motifs is 1. The standard InChI is InChI=1S/C22H25Cl2N3O.2ClH/c1-15(18-10-19(23)12-20(24)11-18)26-21(28)22(27-8-6-25-7-9-27)13-16-4-2-3-5-17(16)14-22;;/h2-5,10-12,15,25H,6-9,13-14H2,1H3,(H,26,28);2*1H/t15-;;/m1../s1. The second-order valence-corrected chi connectivity index (χ2v) is 8.66. The Morgan fingerprint density at radius 1 is 1.03 bits per heavy atom. The highest BCUT2D eigenvalue weighted by molar-refractivity contribution is 6.34. The zero-order valence-corrected chi connectivity index (χ0v) is 19.9. The van der Waals surface area contributed by atoms with Gasteiger partial charge in [0.25, 0.3) is 0 Å². The van der Waals surface area contributed by atoms with E-state index in [1.807, 2.05) is 19.1 Å². The zero-order valence-electron chi connectivity index (χ0n) is 16.8. The van der Waals surface area contributed by atoms with Crippen molar-refractivity contribution in [2.75, 3.05) is 26.2 Å². The Hall–Kier alpha value is -1.01. The number of hydrogen-bond acceptors (Lipinski definition) is 3. The molecule has 4 rings (SSSR count). The highest BCUT2D eigenvalue weighted by atomic mass is 35.5. The third-order valence-corrected chi connectivity index (χ3v) is 6.40. The van der Waals surface area contributed by atoms with Crippen molar-refractivity contribution >= 4 is 53.9 Å². The Bertz CT molecular complexity index is 841. The number of rotatable bonds is 4. The van der Waals surface area contributed by atoms with Crippen molar-refractivity contribution < 1.29 is 4.79 Å². The minimum Gasteiger partial charge on any atom is -0.348 e. The molecule has 2 aliphatic rings. The van der Waals surface area contributed by atoms with E-state index in [1.165, 1.54) is 11.1 Å². The third-order valence-electron chi connectivity index (χ3n) is 5.96. The molecule has 8 heteroatoms. The molecule has 1 aliphatic heterocycles. The summed E-state index contributed by atoms with van der Waals surface area (Å²) in [6.07, 6.45) is 1.50. The largest absolute Gasteiger partial charge is 0.348 e. The van der Waals surface area contributed by atoms with Crippen LogP contribution in [0.4, 0.5) is 0 Å². The molecule has 4 nitrogen and oxygen atoms in total. The number of nitrogens with one attached hydrogen (secondary N) is 2. The Labute approximate surface area is 200 Å². The summed E-state index contributed by atoms with van der Waals surface area (Å²) in [5.74, 6) is 0.0780. The van der Waals surface area contributed by atoms with E-state index in [2.05, 4.69) is 39.8 Å². The van der Waals surface area contributed by atoms with Crippen molar-refractivity contribution in [2.24, 2.45) is 0 Å². The first-order valence-corrected chi connectivity index (χ1v) is 10.5. The Balaban J connectivity index is 0.00000160. The molecule has 0 radical (unpaired) electrons. The van der Waals surface area contributed by atoms with Gasteiger partial charge >= 0.3 is 0 Å². The van der Waals surface area contributed by atoms with Gasteiger partial charge in [0.2, 0.25) is 5.91 Å². The van der Waals surface area contributed by atoms with E-state index in [-0.39, 0.29) is 36.8 Å². The molecule has 1 aliphatic carbocycles. The van der Waals surface area contributed by atoms with Gasteiger partial charge in [0.15, 0.2) is 0 Å². The molecule has 164 valence electrons. The molecule has 2 aromatic carbocycles. The Kier molecular flexibility index (Phi) is 8.87. The maximum atomic E-state index is 13.6. The molecule has 0 spiro atoms. The van der Waals surface area contributed by atoms with E-state index < -0.39 is 5.54 Å². The van der Waals surface area contributed by atoms with Crippen molar-refractivity contribution in [3.63, 3.8) is 0 Å². The third kappa shape index (κ3) is 5.07. The van der Waals surface area contributed by atoms with Gasteiger partial charge in [-0.3, -0.25) is 9.69 Å². The Morgan fingerprint density at radius 2 is 1.57 bits per heavy atom. The van der Waals surface area contributed by atoms with Crippen LogP contribution in [-0.2, 0) is 17.6 Å². The van der Waals surface area contributed by atoms with Crippen molar-refractivity contribution in [1.82, 2.24) is 15.5 Å². The van der Waals surface area contributed by atoms with Gasteiger partial charge in [-0.05, 0) is 41.8 Å². The molecule has 1 saturated heterocycles. The highest BCUT2D eigenvalue weighted by Gasteiger charge is 2.48. The fraction of sp³-hybridized carbons (Fsp3) is 0.409. The number of benzene rings is 2. The first kappa shape index (κ1) is 25.3. The van der Waals surface area contributed by atoms with Crippen LogP contribution in [0.5, 0.6) is 0 Å². The van der Waals surface area contributed by atoms with Crippen molar-refractivity contribution in [1.29, 1.82) is 0 Å². The van der Waals surface area contributed by atoms with Crippen LogP contribution in [0, 0.1) is 0 Å². The predicted molar refractivity (Wildman–Crippen MR) is 129 cm³/mol. The smallest absolute Gasteiger partial charge is 0.241 e. The molecule has 2 aromatic rings. The first-order valence-electron chi connectivity index (χ1n) is 9.77. The summed E-state index contributed by atoms with van der Waals surface area (Å²) >= 11 is 12.3. The summed E-state index contributed by atoms with van der Waals surface area (Å²) < 4.78 is 0. The molecule has 0 unspecified atom stereocenters. The summed E-state index contributed by atoms with van der Waals surface area (Å²) in [5.41, 5.74) is 2.92. The number of piperazine rings is 1. The highest BCUT2D eigenvalue weighted by Crippen LogP contribution is 2.36. The van der Waals surface area contributed by atoms with E-state index in [4.69, 9.17) is 23.2 Å². The second kappa shape index (κ2) is 10.5. The molecule has 1 amide bonds. The van der Waals surface area contributed by atoms with Gasteiger partial charge in [0.05, 0.1) is 6.04 Å². The summed E-state index contributed by atoms with van der Waals surface area (Å²) in [6.45, 7) is 5.54. The first-order chi connectivity index (χ1) is 13.5. The summed E-state index contributed by atoms with van der Waals surface area (Å²) in [5, 5.41) is 7.79. The normalized spacial score (nSPS) is 18.5. The molecular weight excluding hydrogens is 464 g/mol. The molecule has 1 atom stereocenters. The molecule has 0 bridgehead atoms. The summed E-state index contributed by atoms with van der Waals surface area (Å²) in [7, 11) is 0. The van der Waals surface area contributed by atoms with Gasteiger partial charge < -0.3 is 10.6 Å². The van der Waals surface area contributed by atoms with E-state index in [1.54, 1.807) is 6.07 Å². The van der Waals surface area contributed by atoms with Crippen LogP contribution >= 0.6 is 48.0 Å². The number of carbonyl (C=O) groups excluding carboxylic acids is 1. The summed E-state index contributed by atoms with van der Waals surface area (Å²) in [6, 6.07) is 13.7. The van der Waals surface area contributed by atoms with Crippen LogP contribution < -0.4 is 10.6 Å². The molecule has 2 N–H and O–H groups in total. The molecule has 30 heavy (non-hydrogen) atoms. The number of hydrogen-bond donors (Lipinski definition) is 2. The van der Waals surface area contributed by atoms with E-state index in [0.29, 0.717) is 10.0 Å². The monoisotopic (exact) mass is 489 g/mol. The lowest BCUT2D eigenvalue weighted by atomic mass is 9.90. The topological polar surface area (TPSA) is 44.4 Å². The molecule has 0 saturated carbocycles. The number of carbonyl (C=O) groups is 1. The van der Waals surface area contributed by atoms with Gasteiger partial charge in [0, 0.05) is 49.1 Å². The second-order valence-electron chi connectivity index (χ2n) is 7.79. The number of amides is 1. The van der Waals surface area contributed by atoms with Crippen LogP contribution in [0.3, 0.4) is 0 Å². The zero-order chi connectivity index (χ0) is 19.7. The van der Waals surface area contributed by atoms with Crippen LogP contribution in [0.15, 0.2) is 42.5 Å². The van der Waals surface area contributed by atoms with Crippen LogP contribution in [0.2, 0.25) is 10.0 Å². The lowest BCUT2D eigenvalue weighted by Gasteiger charge is -2.42. The SMILES string of the molecule is C[C@@H](NC(=O)C1(N2CCNCC2)Cc2ccccc2C1)c1cc(Cl)cc(Cl)c1.Cl.Cl. The van der Waals surface area contributed by atoms with E-state index >= 15 is 0 Å². The van der Waals surface area contributed by atoms with Crippen LogP contribution in [0.25, 0.3) is 0 Å². The predicted octanol–water partition coefficient (Wildman–Crippen LogP) is 4.46. The average Bonchev–Trinajstić information content (AvgIpc) is 3.09. The van der Waals surface area contributed by atoms with Gasteiger partial charge in [-0.2, -0.15) is 0 Å². The summed E-state index contributed by atoms with van der Waals surface area (Å²) in [4.78, 5) is 16.0. The van der Waals surface area contributed by atoms with E-state index in [0.717, 1.165) is 44.6 Å². The number of halogens is 4. The van der Waals surface area contributed by atoms with Gasteiger partial charge in [-0.1, -0.05) is 47.5 Å². The molecular formula is C22H27Cl4N3O. The number of nitrogens with zero attached hydrogens (tertiary/aromatic N) is 1. The minimum atomic E-state index is -0.539. The molecule has 1 heterocycles. The lowest BCUT2D eigenvalue weighted by Crippen LogP contribution is -2.64. The van der Waals surface area contributed by atoms with Crippen LogP contribution in [0.1, 0.15) is 29.7 Å². The van der Waals surface area contributed by atoms with Crippen LogP contribution in [-0.4, -0.2) is 42.5 Å². The van der Waals surface area contributed by atoms with Gasteiger partial charge in [-0.15, -0.1) is 24.8 Å². The fourth-order valence-electron chi connectivity index (χ4n) is 4.46. The molecule has 1 fully saturated rings. The average molecular weight is 491 g/mol. The molecule has 0 aromatic heterocycles. The Morgan fingerprint density at radius 3 is 2.10 bits per heavy atom. The van der Waals surface area contributed by atoms with Crippen molar-refractivity contribution in [3.05, 3.63) is 69.2 Å². The maximum absolute atomic E-state index is 13.6. The van der Waals surface area contributed by atoms with Gasteiger partial charge in [0.1, 0.15) is 5.54 Å².